The van der Waals surface area contributed by atoms with Gasteiger partial charge in [0.2, 0.25) is 11.7 Å². The van der Waals surface area contributed by atoms with Crippen LogP contribution in [0.1, 0.15) is 31.1 Å². The number of hydrogen-bond acceptors (Lipinski definition) is 5. The molecule has 2 aromatic rings. The van der Waals surface area contributed by atoms with Gasteiger partial charge in [0.25, 0.3) is 0 Å². The molecule has 2 bridgehead atoms. The number of rotatable bonds is 2. The zero-order valence-corrected chi connectivity index (χ0v) is 9.91. The Balaban J connectivity index is 1.63. The molecule has 4 heterocycles. The first kappa shape index (κ1) is 10.2. The Kier molecular flexibility index (Phi) is 2.20. The number of nitrogens with one attached hydrogen (secondary N) is 1. The summed E-state index contributed by atoms with van der Waals surface area (Å²) in [5.74, 6) is 1.80. The fourth-order valence-corrected chi connectivity index (χ4v) is 3.10. The lowest BCUT2D eigenvalue weighted by Gasteiger charge is -2.15. The van der Waals surface area contributed by atoms with Crippen LogP contribution in [-0.4, -0.2) is 27.2 Å². The molecule has 5 heteroatoms. The van der Waals surface area contributed by atoms with Crippen LogP contribution in [0.25, 0.3) is 11.4 Å². The number of hydrogen-bond donors (Lipinski definition) is 1. The molecule has 3 atom stereocenters. The topological polar surface area (TPSA) is 63.8 Å². The first-order chi connectivity index (χ1) is 8.90. The van der Waals surface area contributed by atoms with Gasteiger partial charge in [-0.1, -0.05) is 5.16 Å². The van der Waals surface area contributed by atoms with Crippen LogP contribution in [0.4, 0.5) is 0 Å². The van der Waals surface area contributed by atoms with Crippen LogP contribution in [0.15, 0.2) is 29.0 Å². The van der Waals surface area contributed by atoms with Crippen LogP contribution in [0.2, 0.25) is 0 Å². The standard InChI is InChI=1S/C13H14N4O/c1-2-8(7-14-5-1)12-16-13(18-17-12)10-6-9-3-4-11(10)15-9/h1-2,5,7,9-11,15H,3-4,6H2. The molecule has 2 aliphatic rings. The minimum absolute atomic E-state index is 0.390. The maximum absolute atomic E-state index is 5.43. The van der Waals surface area contributed by atoms with E-state index in [1.165, 1.54) is 12.8 Å². The van der Waals surface area contributed by atoms with Crippen LogP contribution in [0.5, 0.6) is 0 Å². The summed E-state index contributed by atoms with van der Waals surface area (Å²) in [5.41, 5.74) is 0.906. The van der Waals surface area contributed by atoms with Crippen LogP contribution in [-0.2, 0) is 0 Å². The Morgan fingerprint density at radius 2 is 2.33 bits per heavy atom. The van der Waals surface area contributed by atoms with E-state index in [1.54, 1.807) is 12.4 Å². The van der Waals surface area contributed by atoms with E-state index in [1.807, 2.05) is 12.1 Å². The number of fused-ring (bicyclic) bond motifs is 2. The van der Waals surface area contributed by atoms with Crippen molar-refractivity contribution < 1.29 is 4.52 Å². The van der Waals surface area contributed by atoms with E-state index in [0.29, 0.717) is 23.8 Å². The summed E-state index contributed by atoms with van der Waals surface area (Å²) in [6.45, 7) is 0. The highest BCUT2D eigenvalue weighted by Crippen LogP contribution is 2.39. The van der Waals surface area contributed by atoms with Crippen molar-refractivity contribution in [2.24, 2.45) is 0 Å². The van der Waals surface area contributed by atoms with Gasteiger partial charge in [0.15, 0.2) is 0 Å². The van der Waals surface area contributed by atoms with Gasteiger partial charge in [-0.05, 0) is 31.4 Å². The minimum Gasteiger partial charge on any atom is -0.339 e. The molecule has 2 saturated heterocycles. The molecule has 4 rings (SSSR count). The quantitative estimate of drug-likeness (QED) is 0.869. The maximum atomic E-state index is 5.43. The third-order valence-electron chi connectivity index (χ3n) is 3.98. The zero-order valence-electron chi connectivity index (χ0n) is 9.91. The van der Waals surface area contributed by atoms with Crippen molar-refractivity contribution in [3.63, 3.8) is 0 Å². The summed E-state index contributed by atoms with van der Waals surface area (Å²) in [5, 5.41) is 7.65. The van der Waals surface area contributed by atoms with E-state index in [-0.39, 0.29) is 0 Å². The Bertz CT molecular complexity index is 553. The monoisotopic (exact) mass is 242 g/mol. The second-order valence-electron chi connectivity index (χ2n) is 5.09. The summed E-state index contributed by atoms with van der Waals surface area (Å²) in [6, 6.07) is 5.00. The third-order valence-corrected chi connectivity index (χ3v) is 3.98. The van der Waals surface area contributed by atoms with Crippen molar-refractivity contribution in [1.29, 1.82) is 0 Å². The minimum atomic E-state index is 0.390. The number of pyridine rings is 1. The van der Waals surface area contributed by atoms with E-state index in [0.717, 1.165) is 17.9 Å². The molecule has 0 saturated carbocycles. The largest absolute Gasteiger partial charge is 0.339 e. The second kappa shape index (κ2) is 3.88. The lowest BCUT2D eigenvalue weighted by molar-refractivity contribution is 0.329. The van der Waals surface area contributed by atoms with Crippen LogP contribution in [0, 0.1) is 0 Å². The van der Waals surface area contributed by atoms with Gasteiger partial charge in [-0.2, -0.15) is 4.98 Å². The highest BCUT2D eigenvalue weighted by atomic mass is 16.5. The Morgan fingerprint density at radius 3 is 3.06 bits per heavy atom. The summed E-state index contributed by atoms with van der Waals surface area (Å²) < 4.78 is 5.43. The average Bonchev–Trinajstić information content (AvgIpc) is 3.15. The van der Waals surface area contributed by atoms with Gasteiger partial charge in [0.1, 0.15) is 0 Å². The second-order valence-corrected chi connectivity index (χ2v) is 5.09. The summed E-state index contributed by atoms with van der Waals surface area (Å²) >= 11 is 0. The van der Waals surface area contributed by atoms with E-state index in [4.69, 9.17) is 4.52 Å². The first-order valence-corrected chi connectivity index (χ1v) is 6.40. The fourth-order valence-electron chi connectivity index (χ4n) is 3.10. The van der Waals surface area contributed by atoms with Crippen molar-refractivity contribution in [3.8, 4) is 11.4 Å². The smallest absolute Gasteiger partial charge is 0.231 e. The lowest BCUT2D eigenvalue weighted by atomic mass is 9.89. The summed E-state index contributed by atoms with van der Waals surface area (Å²) in [6.07, 6.45) is 7.13. The van der Waals surface area contributed by atoms with E-state index in [9.17, 15) is 0 Å². The molecule has 2 aromatic heterocycles. The van der Waals surface area contributed by atoms with Gasteiger partial charge in [-0.15, -0.1) is 0 Å². The molecule has 2 aliphatic heterocycles. The molecule has 2 fully saturated rings. The van der Waals surface area contributed by atoms with Gasteiger partial charge < -0.3 is 9.84 Å². The van der Waals surface area contributed by atoms with Gasteiger partial charge >= 0.3 is 0 Å². The molecule has 18 heavy (non-hydrogen) atoms. The average molecular weight is 242 g/mol. The van der Waals surface area contributed by atoms with Gasteiger partial charge in [0, 0.05) is 30.0 Å². The van der Waals surface area contributed by atoms with Crippen molar-refractivity contribution in [2.45, 2.75) is 37.3 Å². The Morgan fingerprint density at radius 1 is 1.33 bits per heavy atom. The summed E-state index contributed by atoms with van der Waals surface area (Å²) in [7, 11) is 0. The number of nitrogens with zero attached hydrogens (tertiary/aromatic N) is 3. The maximum Gasteiger partial charge on any atom is 0.231 e. The van der Waals surface area contributed by atoms with E-state index >= 15 is 0 Å². The Hall–Kier alpha value is -1.75. The predicted octanol–water partition coefficient (Wildman–Crippen LogP) is 1.74. The molecule has 1 N–H and O–H groups in total. The van der Waals surface area contributed by atoms with Gasteiger partial charge in [-0.3, -0.25) is 4.98 Å². The highest BCUT2D eigenvalue weighted by molar-refractivity contribution is 5.52. The van der Waals surface area contributed by atoms with Crippen molar-refractivity contribution in [1.82, 2.24) is 20.4 Å². The molecular weight excluding hydrogens is 228 g/mol. The molecule has 0 amide bonds. The zero-order chi connectivity index (χ0) is 11.9. The first-order valence-electron chi connectivity index (χ1n) is 6.40. The molecule has 5 nitrogen and oxygen atoms in total. The fraction of sp³-hybridized carbons (Fsp3) is 0.462. The van der Waals surface area contributed by atoms with Crippen molar-refractivity contribution in [3.05, 3.63) is 30.4 Å². The molecular formula is C13H14N4O. The Labute approximate surface area is 105 Å². The lowest BCUT2D eigenvalue weighted by Crippen LogP contribution is -2.21. The van der Waals surface area contributed by atoms with Crippen molar-refractivity contribution >= 4 is 0 Å². The molecule has 0 spiro atoms. The molecule has 3 unspecified atom stereocenters. The van der Waals surface area contributed by atoms with E-state index in [2.05, 4.69) is 20.4 Å². The van der Waals surface area contributed by atoms with E-state index < -0.39 is 0 Å². The summed E-state index contributed by atoms with van der Waals surface area (Å²) in [4.78, 5) is 8.60. The number of aromatic nitrogens is 3. The van der Waals surface area contributed by atoms with Crippen LogP contribution < -0.4 is 5.32 Å². The SMILES string of the molecule is c1cncc(-c2noc(C3CC4CCC3N4)n2)c1. The molecule has 0 aliphatic carbocycles. The van der Waals surface area contributed by atoms with Gasteiger partial charge in [0.05, 0.1) is 5.92 Å². The van der Waals surface area contributed by atoms with Crippen LogP contribution in [0.3, 0.4) is 0 Å². The van der Waals surface area contributed by atoms with Crippen molar-refractivity contribution in [2.75, 3.05) is 0 Å². The van der Waals surface area contributed by atoms with Gasteiger partial charge in [-0.25, -0.2) is 0 Å². The molecule has 0 radical (unpaired) electrons. The molecule has 92 valence electrons. The predicted molar refractivity (Wildman–Crippen MR) is 64.8 cm³/mol. The normalized spacial score (nSPS) is 29.9. The van der Waals surface area contributed by atoms with Crippen LogP contribution >= 0.6 is 0 Å². The molecule has 0 aromatic carbocycles. The highest BCUT2D eigenvalue weighted by Gasteiger charge is 2.42. The third kappa shape index (κ3) is 1.54.